The summed E-state index contributed by atoms with van der Waals surface area (Å²) in [5.41, 5.74) is -0.596. The van der Waals surface area contributed by atoms with Crippen LogP contribution < -0.4 is 16.0 Å². The fourth-order valence-corrected chi connectivity index (χ4v) is 3.08. The number of nitrogens with one attached hydrogen (secondary N) is 3. The fraction of sp³-hybridized carbons (Fsp3) is 0. The minimum absolute atomic E-state index is 0.298. The number of nitrogens with zero attached hydrogens (tertiary/aromatic N) is 1. The van der Waals surface area contributed by atoms with Gasteiger partial charge in [-0.3, -0.25) is 14.5 Å². The van der Waals surface area contributed by atoms with Crippen LogP contribution in [0.15, 0.2) is 69.5 Å². The molecular weight excluding hydrogens is 320 g/mol. The molecule has 0 radical (unpaired) electrons. The molecule has 0 spiro atoms. The van der Waals surface area contributed by atoms with Crippen LogP contribution in [0.3, 0.4) is 0 Å². The predicted octanol–water partition coefficient (Wildman–Crippen LogP) is 0.655. The molecule has 1 aromatic carbocycles. The topological polar surface area (TPSA) is 117 Å². The summed E-state index contributed by atoms with van der Waals surface area (Å²) < 4.78 is 28.5. The minimum atomic E-state index is -4.10. The number of sulfonamides is 1. The Bertz CT molecular complexity index is 1030. The summed E-state index contributed by atoms with van der Waals surface area (Å²) in [5, 5.41) is 0. The number of hydrogen-bond donors (Lipinski definition) is 3. The molecule has 9 heteroatoms. The maximum absolute atomic E-state index is 12.2. The number of hydrogen-bond acceptors (Lipinski definition) is 4. The molecule has 3 rings (SSSR count). The Labute approximate surface area is 130 Å². The molecule has 0 bridgehead atoms. The lowest BCUT2D eigenvalue weighted by Gasteiger charge is -2.08. The third kappa shape index (κ3) is 3.09. The van der Waals surface area contributed by atoms with Crippen LogP contribution in [0, 0.1) is 0 Å². The smallest absolute Gasteiger partial charge is 0.324 e. The first-order valence-corrected chi connectivity index (χ1v) is 8.02. The lowest BCUT2D eigenvalue weighted by atomic mass is 10.3. The molecule has 23 heavy (non-hydrogen) atoms. The molecular formula is C14H12N4O4S. The highest BCUT2D eigenvalue weighted by atomic mass is 32.2. The highest BCUT2D eigenvalue weighted by molar-refractivity contribution is 7.92. The van der Waals surface area contributed by atoms with Crippen LogP contribution in [0.4, 0.5) is 5.69 Å². The van der Waals surface area contributed by atoms with Crippen LogP contribution in [0.5, 0.6) is 0 Å². The molecule has 3 N–H and O–H groups in total. The van der Waals surface area contributed by atoms with E-state index in [1.807, 2.05) is 34.1 Å². The molecule has 0 aliphatic heterocycles. The molecule has 0 amide bonds. The Morgan fingerprint density at radius 1 is 1.00 bits per heavy atom. The van der Waals surface area contributed by atoms with Crippen molar-refractivity contribution in [1.82, 2.24) is 14.5 Å². The fourth-order valence-electron chi connectivity index (χ4n) is 2.02. The normalized spacial score (nSPS) is 11.3. The van der Waals surface area contributed by atoms with E-state index in [9.17, 15) is 18.0 Å². The van der Waals surface area contributed by atoms with Crippen LogP contribution in [-0.4, -0.2) is 23.0 Å². The Kier molecular flexibility index (Phi) is 3.62. The number of aromatic nitrogens is 3. The average molecular weight is 332 g/mol. The zero-order valence-electron chi connectivity index (χ0n) is 11.7. The number of anilines is 1. The second-order valence-electron chi connectivity index (χ2n) is 4.68. The zero-order chi connectivity index (χ0) is 16.4. The minimum Gasteiger partial charge on any atom is -0.324 e. The van der Waals surface area contributed by atoms with E-state index in [0.29, 0.717) is 5.69 Å². The van der Waals surface area contributed by atoms with Crippen molar-refractivity contribution in [2.75, 3.05) is 4.72 Å². The summed E-state index contributed by atoms with van der Waals surface area (Å²) >= 11 is 0. The van der Waals surface area contributed by atoms with Crippen LogP contribution in [0.2, 0.25) is 0 Å². The van der Waals surface area contributed by atoms with E-state index in [-0.39, 0.29) is 0 Å². The lowest BCUT2D eigenvalue weighted by molar-refractivity contribution is 0.599. The van der Waals surface area contributed by atoms with Crippen molar-refractivity contribution in [2.45, 2.75) is 4.90 Å². The summed E-state index contributed by atoms with van der Waals surface area (Å²) in [6.07, 6.45) is 4.58. The number of benzene rings is 1. The van der Waals surface area contributed by atoms with Crippen molar-refractivity contribution in [3.8, 4) is 5.69 Å². The van der Waals surface area contributed by atoms with Crippen LogP contribution >= 0.6 is 0 Å². The first-order chi connectivity index (χ1) is 11.0. The van der Waals surface area contributed by atoms with E-state index in [4.69, 9.17) is 0 Å². The van der Waals surface area contributed by atoms with E-state index < -0.39 is 26.2 Å². The molecule has 0 aliphatic carbocycles. The summed E-state index contributed by atoms with van der Waals surface area (Å²) in [6.45, 7) is 0. The molecule has 0 saturated heterocycles. The Morgan fingerprint density at radius 2 is 1.65 bits per heavy atom. The molecule has 0 saturated carbocycles. The van der Waals surface area contributed by atoms with Gasteiger partial charge in [0.15, 0.2) is 4.90 Å². The highest BCUT2D eigenvalue weighted by Gasteiger charge is 2.18. The van der Waals surface area contributed by atoms with Gasteiger partial charge in [-0.2, -0.15) is 0 Å². The maximum atomic E-state index is 12.2. The predicted molar refractivity (Wildman–Crippen MR) is 84.3 cm³/mol. The SMILES string of the molecule is O=c1[nH]cc(S(=O)(=O)Nc2ccc(-n3cccc3)cc2)c(=O)[nH]1. The van der Waals surface area contributed by atoms with E-state index in [1.165, 1.54) is 0 Å². The van der Waals surface area contributed by atoms with Crippen LogP contribution in [0.25, 0.3) is 5.69 Å². The third-order valence-corrected chi connectivity index (χ3v) is 4.48. The Morgan fingerprint density at radius 3 is 2.26 bits per heavy atom. The first kappa shape index (κ1) is 14.9. The Balaban J connectivity index is 1.89. The number of aromatic amines is 2. The molecule has 0 atom stereocenters. The van der Waals surface area contributed by atoms with Gasteiger partial charge in [-0.1, -0.05) is 0 Å². The van der Waals surface area contributed by atoms with Crippen molar-refractivity contribution in [1.29, 1.82) is 0 Å². The van der Waals surface area contributed by atoms with Gasteiger partial charge >= 0.3 is 5.69 Å². The van der Waals surface area contributed by atoms with Gasteiger partial charge in [-0.05, 0) is 36.4 Å². The van der Waals surface area contributed by atoms with Crippen LogP contribution in [-0.2, 0) is 10.0 Å². The molecule has 0 unspecified atom stereocenters. The third-order valence-electron chi connectivity index (χ3n) is 3.10. The van der Waals surface area contributed by atoms with Gasteiger partial charge in [-0.15, -0.1) is 0 Å². The molecule has 3 aromatic rings. The average Bonchev–Trinajstić information content (AvgIpc) is 3.01. The van der Waals surface area contributed by atoms with E-state index in [2.05, 4.69) is 9.71 Å². The summed E-state index contributed by atoms with van der Waals surface area (Å²) in [5.74, 6) is 0. The maximum Gasteiger partial charge on any atom is 0.325 e. The monoisotopic (exact) mass is 332 g/mol. The summed E-state index contributed by atoms with van der Waals surface area (Å²) in [4.78, 5) is 26.0. The molecule has 2 aromatic heterocycles. The lowest BCUT2D eigenvalue weighted by Crippen LogP contribution is -2.29. The summed E-state index contributed by atoms with van der Waals surface area (Å²) in [7, 11) is -4.10. The zero-order valence-corrected chi connectivity index (χ0v) is 12.5. The van der Waals surface area contributed by atoms with Crippen molar-refractivity contribution < 1.29 is 8.42 Å². The van der Waals surface area contributed by atoms with Gasteiger partial charge in [-0.25, -0.2) is 13.2 Å². The molecule has 2 heterocycles. The van der Waals surface area contributed by atoms with Crippen molar-refractivity contribution in [3.05, 3.63) is 75.8 Å². The van der Waals surface area contributed by atoms with E-state index in [1.54, 1.807) is 24.3 Å². The molecule has 0 fully saturated rings. The quantitative estimate of drug-likeness (QED) is 0.650. The van der Waals surface area contributed by atoms with Crippen molar-refractivity contribution >= 4 is 15.7 Å². The van der Waals surface area contributed by atoms with Gasteiger partial charge in [0, 0.05) is 30.0 Å². The second-order valence-corrected chi connectivity index (χ2v) is 6.33. The van der Waals surface area contributed by atoms with E-state index in [0.717, 1.165) is 11.9 Å². The first-order valence-electron chi connectivity index (χ1n) is 6.54. The number of H-pyrrole nitrogens is 2. The van der Waals surface area contributed by atoms with Gasteiger partial charge in [0.05, 0.1) is 0 Å². The van der Waals surface area contributed by atoms with Gasteiger partial charge in [0.1, 0.15) is 0 Å². The van der Waals surface area contributed by atoms with E-state index >= 15 is 0 Å². The van der Waals surface area contributed by atoms with Gasteiger partial charge in [0.25, 0.3) is 15.6 Å². The summed E-state index contributed by atoms with van der Waals surface area (Å²) in [6, 6.07) is 10.4. The largest absolute Gasteiger partial charge is 0.325 e. The standard InChI is InChI=1S/C14H12N4O4S/c19-13-12(9-15-14(20)16-13)23(21,22)17-10-3-5-11(6-4-10)18-7-1-2-8-18/h1-9,17H,(H2,15,16,19,20). The highest BCUT2D eigenvalue weighted by Crippen LogP contribution is 2.16. The van der Waals surface area contributed by atoms with Crippen molar-refractivity contribution in [2.24, 2.45) is 0 Å². The molecule has 118 valence electrons. The van der Waals surface area contributed by atoms with Gasteiger partial charge < -0.3 is 9.55 Å². The van der Waals surface area contributed by atoms with Crippen LogP contribution in [0.1, 0.15) is 0 Å². The Hall–Kier alpha value is -3.07. The van der Waals surface area contributed by atoms with Crippen molar-refractivity contribution in [3.63, 3.8) is 0 Å². The second kappa shape index (κ2) is 5.61. The molecule has 8 nitrogen and oxygen atoms in total. The van der Waals surface area contributed by atoms with Gasteiger partial charge in [0.2, 0.25) is 0 Å². The molecule has 0 aliphatic rings. The number of rotatable bonds is 4.